The largest absolute Gasteiger partial charge is 0.345 e. The van der Waals surface area contributed by atoms with E-state index in [0.29, 0.717) is 0 Å². The Kier molecular flexibility index (Phi) is 2.01. The van der Waals surface area contributed by atoms with Gasteiger partial charge < -0.3 is 4.57 Å². The monoisotopic (exact) mass is 224 g/mol. The number of hydrogen-bond donors (Lipinski definition) is 0. The summed E-state index contributed by atoms with van der Waals surface area (Å²) >= 11 is 0. The fourth-order valence-corrected chi connectivity index (χ4v) is 2.38. The van der Waals surface area contributed by atoms with Crippen molar-refractivity contribution in [3.8, 4) is 0 Å². The summed E-state index contributed by atoms with van der Waals surface area (Å²) in [4.78, 5) is 15.6. The van der Waals surface area contributed by atoms with Crippen molar-refractivity contribution in [1.82, 2.24) is 9.55 Å². The third-order valence-corrected chi connectivity index (χ3v) is 3.38. The van der Waals surface area contributed by atoms with E-state index in [1.165, 1.54) is 0 Å². The fourth-order valence-electron chi connectivity index (χ4n) is 2.38. The molecule has 17 heavy (non-hydrogen) atoms. The number of rotatable bonds is 1. The van der Waals surface area contributed by atoms with Crippen LogP contribution in [0.2, 0.25) is 0 Å². The number of carbonyl (C=O) groups excluding carboxylic acids is 1. The van der Waals surface area contributed by atoms with Gasteiger partial charge in [0.05, 0.1) is 11.0 Å². The molecule has 3 heteroatoms. The third kappa shape index (κ3) is 1.22. The van der Waals surface area contributed by atoms with Gasteiger partial charge in [-0.25, -0.2) is 0 Å². The summed E-state index contributed by atoms with van der Waals surface area (Å²) in [6.45, 7) is 1.96. The number of nitrogens with zero attached hydrogens (tertiary/aromatic N) is 2. The highest BCUT2D eigenvalue weighted by Crippen LogP contribution is 2.29. The van der Waals surface area contributed by atoms with Crippen molar-refractivity contribution >= 4 is 28.1 Å². The molecule has 1 aromatic carbocycles. The highest BCUT2D eigenvalue weighted by Gasteiger charge is 2.13. The van der Waals surface area contributed by atoms with Gasteiger partial charge >= 0.3 is 0 Å². The molecule has 0 N–H and O–H groups in total. The molecule has 3 rings (SSSR count). The maximum Gasteiger partial charge on any atom is 0.152 e. The SMILES string of the molecule is Cc1c(C=O)c2ccc3cccnc3c2n1C. The highest BCUT2D eigenvalue weighted by molar-refractivity contribution is 6.10. The molecule has 2 aromatic heterocycles. The van der Waals surface area contributed by atoms with Crippen molar-refractivity contribution in [2.24, 2.45) is 7.05 Å². The maximum atomic E-state index is 11.2. The van der Waals surface area contributed by atoms with Gasteiger partial charge in [0.2, 0.25) is 0 Å². The number of pyridine rings is 1. The minimum atomic E-state index is 0.759. The molecule has 0 amide bonds. The predicted molar refractivity (Wildman–Crippen MR) is 68.3 cm³/mol. The van der Waals surface area contributed by atoms with E-state index in [2.05, 4.69) is 4.98 Å². The summed E-state index contributed by atoms with van der Waals surface area (Å²) in [6, 6.07) is 7.96. The molecule has 3 aromatic rings. The summed E-state index contributed by atoms with van der Waals surface area (Å²) in [5, 5.41) is 2.07. The lowest BCUT2D eigenvalue weighted by molar-refractivity contribution is 0.112. The number of carbonyl (C=O) groups is 1. The van der Waals surface area contributed by atoms with Crippen molar-refractivity contribution in [3.05, 3.63) is 41.7 Å². The quantitative estimate of drug-likeness (QED) is 0.596. The average Bonchev–Trinajstić information content (AvgIpc) is 2.62. The second-order valence-corrected chi connectivity index (χ2v) is 4.21. The molecular formula is C14H12N2O. The van der Waals surface area contributed by atoms with Crippen molar-refractivity contribution < 1.29 is 4.79 Å². The second-order valence-electron chi connectivity index (χ2n) is 4.21. The van der Waals surface area contributed by atoms with E-state index in [0.717, 1.165) is 39.3 Å². The Morgan fingerprint density at radius 2 is 2.12 bits per heavy atom. The first-order valence-electron chi connectivity index (χ1n) is 5.52. The van der Waals surface area contributed by atoms with Crippen LogP contribution in [0.1, 0.15) is 16.1 Å². The average molecular weight is 224 g/mol. The van der Waals surface area contributed by atoms with Gasteiger partial charge in [0, 0.05) is 35.3 Å². The van der Waals surface area contributed by atoms with Gasteiger partial charge in [-0.1, -0.05) is 18.2 Å². The number of hydrogen-bond acceptors (Lipinski definition) is 2. The van der Waals surface area contributed by atoms with E-state index in [-0.39, 0.29) is 0 Å². The lowest BCUT2D eigenvalue weighted by atomic mass is 10.1. The molecule has 0 radical (unpaired) electrons. The summed E-state index contributed by atoms with van der Waals surface area (Å²) in [5.41, 5.74) is 3.72. The molecule has 0 fully saturated rings. The van der Waals surface area contributed by atoms with Crippen LogP contribution in [0.4, 0.5) is 0 Å². The standard InChI is InChI=1S/C14H12N2O/c1-9-12(8-17)11-6-5-10-4-3-7-15-13(10)14(11)16(9)2/h3-8H,1-2H3. The number of aldehydes is 1. The Labute approximate surface area is 98.7 Å². The molecule has 0 atom stereocenters. The molecule has 0 saturated carbocycles. The lowest BCUT2D eigenvalue weighted by Gasteiger charge is -2.02. The second kappa shape index (κ2) is 3.42. The first-order chi connectivity index (χ1) is 8.24. The molecule has 0 unspecified atom stereocenters. The van der Waals surface area contributed by atoms with Gasteiger partial charge in [-0.15, -0.1) is 0 Å². The Hall–Kier alpha value is -2.16. The van der Waals surface area contributed by atoms with E-state index < -0.39 is 0 Å². The number of aryl methyl sites for hydroxylation is 1. The van der Waals surface area contributed by atoms with Crippen LogP contribution in [0, 0.1) is 6.92 Å². The topological polar surface area (TPSA) is 34.9 Å². The Balaban J connectivity index is 2.63. The number of aromatic nitrogens is 2. The normalized spacial score (nSPS) is 11.2. The summed E-state index contributed by atoms with van der Waals surface area (Å²) in [7, 11) is 1.97. The molecule has 84 valence electrons. The molecule has 0 aliphatic rings. The van der Waals surface area contributed by atoms with Gasteiger partial charge in [-0.2, -0.15) is 0 Å². The predicted octanol–water partition coefficient (Wildman–Crippen LogP) is 2.85. The maximum absolute atomic E-state index is 11.2. The first-order valence-corrected chi connectivity index (χ1v) is 5.52. The summed E-state index contributed by atoms with van der Waals surface area (Å²) in [6.07, 6.45) is 2.71. The van der Waals surface area contributed by atoms with Crippen molar-refractivity contribution in [2.45, 2.75) is 6.92 Å². The zero-order valence-electron chi connectivity index (χ0n) is 9.77. The van der Waals surface area contributed by atoms with Crippen molar-refractivity contribution in [3.63, 3.8) is 0 Å². The lowest BCUT2D eigenvalue weighted by Crippen LogP contribution is -1.92. The van der Waals surface area contributed by atoms with E-state index in [1.807, 2.05) is 42.8 Å². The van der Waals surface area contributed by atoms with Gasteiger partial charge in [0.1, 0.15) is 0 Å². The minimum Gasteiger partial charge on any atom is -0.345 e. The molecule has 0 aliphatic heterocycles. The Bertz CT molecular complexity index is 741. The van der Waals surface area contributed by atoms with Crippen LogP contribution >= 0.6 is 0 Å². The van der Waals surface area contributed by atoms with Crippen LogP contribution in [0.3, 0.4) is 0 Å². The molecule has 0 bridgehead atoms. The Morgan fingerprint density at radius 3 is 2.88 bits per heavy atom. The molecule has 0 aliphatic carbocycles. The van der Waals surface area contributed by atoms with E-state index in [1.54, 1.807) is 6.20 Å². The first kappa shape index (κ1) is 10.0. The van der Waals surface area contributed by atoms with Gasteiger partial charge in [-0.3, -0.25) is 9.78 Å². The van der Waals surface area contributed by atoms with E-state index in [9.17, 15) is 4.79 Å². The van der Waals surface area contributed by atoms with Crippen LogP contribution in [-0.2, 0) is 7.05 Å². The number of fused-ring (bicyclic) bond motifs is 3. The zero-order chi connectivity index (χ0) is 12.0. The van der Waals surface area contributed by atoms with Gasteiger partial charge in [0.25, 0.3) is 0 Å². The molecule has 0 saturated heterocycles. The van der Waals surface area contributed by atoms with Gasteiger partial charge in [-0.05, 0) is 13.0 Å². The van der Waals surface area contributed by atoms with E-state index in [4.69, 9.17) is 0 Å². The Morgan fingerprint density at radius 1 is 1.29 bits per heavy atom. The molecule has 0 spiro atoms. The summed E-state index contributed by atoms with van der Waals surface area (Å²) in [5.74, 6) is 0. The van der Waals surface area contributed by atoms with Gasteiger partial charge in [0.15, 0.2) is 6.29 Å². The van der Waals surface area contributed by atoms with Crippen LogP contribution in [0.5, 0.6) is 0 Å². The van der Waals surface area contributed by atoms with Crippen LogP contribution in [0.15, 0.2) is 30.5 Å². The van der Waals surface area contributed by atoms with E-state index >= 15 is 0 Å². The van der Waals surface area contributed by atoms with Crippen LogP contribution in [0.25, 0.3) is 21.8 Å². The minimum absolute atomic E-state index is 0.759. The number of benzene rings is 1. The smallest absolute Gasteiger partial charge is 0.152 e. The molecular weight excluding hydrogens is 212 g/mol. The fraction of sp³-hybridized carbons (Fsp3) is 0.143. The van der Waals surface area contributed by atoms with Crippen molar-refractivity contribution in [1.29, 1.82) is 0 Å². The summed E-state index contributed by atoms with van der Waals surface area (Å²) < 4.78 is 2.04. The highest BCUT2D eigenvalue weighted by atomic mass is 16.1. The third-order valence-electron chi connectivity index (χ3n) is 3.38. The van der Waals surface area contributed by atoms with Crippen LogP contribution in [-0.4, -0.2) is 15.8 Å². The van der Waals surface area contributed by atoms with Crippen molar-refractivity contribution in [2.75, 3.05) is 0 Å². The molecule has 3 nitrogen and oxygen atoms in total. The molecule has 2 heterocycles. The zero-order valence-corrected chi connectivity index (χ0v) is 9.77. The van der Waals surface area contributed by atoms with Crippen LogP contribution < -0.4 is 0 Å².